The van der Waals surface area contributed by atoms with Crippen LogP contribution in [0.15, 0.2) is 54.0 Å². The molecule has 10 nitrogen and oxygen atoms in total. The molecule has 4 aromatic rings. The highest BCUT2D eigenvalue weighted by Gasteiger charge is 2.08. The highest BCUT2D eigenvalue weighted by Crippen LogP contribution is 2.12. The first kappa shape index (κ1) is 16.4. The molecule has 0 saturated heterocycles. The first-order valence-electron chi connectivity index (χ1n) is 7.98. The summed E-state index contributed by atoms with van der Waals surface area (Å²) in [5.41, 5.74) is 7.28. The summed E-state index contributed by atoms with van der Waals surface area (Å²) in [5.74, 6) is -0.163. The zero-order valence-corrected chi connectivity index (χ0v) is 14.0. The van der Waals surface area contributed by atoms with Gasteiger partial charge in [-0.3, -0.25) is 19.1 Å². The summed E-state index contributed by atoms with van der Waals surface area (Å²) in [6.45, 7) is 0.349. The van der Waals surface area contributed by atoms with Crippen molar-refractivity contribution in [1.29, 1.82) is 0 Å². The lowest BCUT2D eigenvalue weighted by Gasteiger charge is -2.07. The van der Waals surface area contributed by atoms with Crippen LogP contribution in [0.25, 0.3) is 11.2 Å². The van der Waals surface area contributed by atoms with Crippen LogP contribution >= 0.6 is 0 Å². The number of nitrogens with one attached hydrogen (secondary N) is 2. The third-order valence-corrected chi connectivity index (χ3v) is 3.83. The second kappa shape index (κ2) is 6.67. The molecule has 0 bridgehead atoms. The van der Waals surface area contributed by atoms with Gasteiger partial charge in [0, 0.05) is 23.6 Å². The van der Waals surface area contributed by atoms with Crippen molar-refractivity contribution < 1.29 is 4.79 Å². The fourth-order valence-corrected chi connectivity index (χ4v) is 2.51. The topological polar surface area (TPSA) is 144 Å². The predicted molar refractivity (Wildman–Crippen MR) is 98.1 cm³/mol. The van der Waals surface area contributed by atoms with Gasteiger partial charge in [-0.25, -0.2) is 15.0 Å². The molecule has 10 heteroatoms. The lowest BCUT2D eigenvalue weighted by atomic mass is 10.2. The van der Waals surface area contributed by atoms with Gasteiger partial charge in [0.2, 0.25) is 5.95 Å². The van der Waals surface area contributed by atoms with Gasteiger partial charge in [-0.2, -0.15) is 4.98 Å². The largest absolute Gasteiger partial charge is 0.379 e. The van der Waals surface area contributed by atoms with Crippen LogP contribution in [-0.2, 0) is 6.54 Å². The molecule has 134 valence electrons. The van der Waals surface area contributed by atoms with E-state index >= 15 is 0 Å². The van der Waals surface area contributed by atoms with Crippen molar-refractivity contribution in [3.05, 3.63) is 70.8 Å². The maximum Gasteiger partial charge on any atom is 0.280 e. The average Bonchev–Trinajstić information content (AvgIpc) is 3.21. The molecule has 0 amide bonds. The van der Waals surface area contributed by atoms with E-state index in [1.54, 1.807) is 36.7 Å². The lowest BCUT2D eigenvalue weighted by Crippen LogP contribution is -2.15. The first-order chi connectivity index (χ1) is 13.1. The molecule has 0 unspecified atom stereocenters. The van der Waals surface area contributed by atoms with Gasteiger partial charge in [0.25, 0.3) is 11.5 Å². The molecule has 0 radical (unpaired) electrons. The second-order valence-corrected chi connectivity index (χ2v) is 5.69. The molecular weight excluding hydrogens is 348 g/mol. The van der Waals surface area contributed by atoms with E-state index < -0.39 is 5.56 Å². The standard InChI is InChI=1S/C17H14N8O2/c18-17-23-14-13(15(26)24-17)22-12(8-21-14)7-20-11-3-1-10(2-4-11)16(27)25-6-5-19-9-25/h1-6,8-9,20H,7H2,(H3,18,21,23,24,26). The van der Waals surface area contributed by atoms with E-state index in [0.29, 0.717) is 17.8 Å². The van der Waals surface area contributed by atoms with Crippen molar-refractivity contribution in [1.82, 2.24) is 29.5 Å². The molecule has 0 atom stereocenters. The molecule has 27 heavy (non-hydrogen) atoms. The Hall–Kier alpha value is -4.08. The maximum atomic E-state index is 12.2. The minimum absolute atomic E-state index is 0.00185. The molecule has 1 aromatic carbocycles. The Morgan fingerprint density at radius 2 is 2.04 bits per heavy atom. The molecule has 0 fully saturated rings. The molecule has 0 aliphatic heterocycles. The third kappa shape index (κ3) is 3.35. The number of anilines is 2. The number of fused-ring (bicyclic) bond motifs is 1. The predicted octanol–water partition coefficient (Wildman–Crippen LogP) is 0.792. The van der Waals surface area contributed by atoms with Gasteiger partial charge in [0.1, 0.15) is 6.33 Å². The van der Waals surface area contributed by atoms with Gasteiger partial charge >= 0.3 is 0 Å². The summed E-state index contributed by atoms with van der Waals surface area (Å²) >= 11 is 0. The summed E-state index contributed by atoms with van der Waals surface area (Å²) in [5, 5.41) is 3.17. The number of carbonyl (C=O) groups is 1. The van der Waals surface area contributed by atoms with Crippen LogP contribution in [0.4, 0.5) is 11.6 Å². The highest BCUT2D eigenvalue weighted by atomic mass is 16.2. The van der Waals surface area contributed by atoms with Gasteiger partial charge in [-0.15, -0.1) is 0 Å². The SMILES string of the molecule is Nc1nc2ncc(CNc3ccc(C(=O)n4ccnc4)cc3)nc2c(=O)[nH]1. The number of benzene rings is 1. The van der Waals surface area contributed by atoms with E-state index in [9.17, 15) is 9.59 Å². The Labute approximate surface area is 152 Å². The van der Waals surface area contributed by atoms with E-state index in [-0.39, 0.29) is 23.0 Å². The molecule has 4 N–H and O–H groups in total. The zero-order valence-electron chi connectivity index (χ0n) is 14.0. The van der Waals surface area contributed by atoms with Crippen molar-refractivity contribution >= 4 is 28.7 Å². The second-order valence-electron chi connectivity index (χ2n) is 5.69. The van der Waals surface area contributed by atoms with Crippen LogP contribution in [0.1, 0.15) is 16.1 Å². The fraction of sp³-hybridized carbons (Fsp3) is 0.0588. The van der Waals surface area contributed by atoms with Crippen molar-refractivity contribution in [3.8, 4) is 0 Å². The zero-order chi connectivity index (χ0) is 18.8. The van der Waals surface area contributed by atoms with Gasteiger partial charge in [0.05, 0.1) is 18.4 Å². The van der Waals surface area contributed by atoms with Crippen LogP contribution in [-0.4, -0.2) is 35.4 Å². The number of hydrogen-bond donors (Lipinski definition) is 3. The normalized spacial score (nSPS) is 10.8. The average molecular weight is 362 g/mol. The smallest absolute Gasteiger partial charge is 0.280 e. The molecule has 3 heterocycles. The number of carbonyl (C=O) groups excluding carboxylic acids is 1. The van der Waals surface area contributed by atoms with E-state index in [0.717, 1.165) is 5.69 Å². The number of imidazole rings is 1. The van der Waals surface area contributed by atoms with Crippen molar-refractivity contribution in [2.45, 2.75) is 6.54 Å². The van der Waals surface area contributed by atoms with Crippen LogP contribution < -0.4 is 16.6 Å². The van der Waals surface area contributed by atoms with E-state index in [1.165, 1.54) is 17.1 Å². The third-order valence-electron chi connectivity index (χ3n) is 3.83. The number of H-pyrrole nitrogens is 1. The highest BCUT2D eigenvalue weighted by molar-refractivity contribution is 5.96. The van der Waals surface area contributed by atoms with Crippen LogP contribution in [0.3, 0.4) is 0 Å². The van der Waals surface area contributed by atoms with Crippen molar-refractivity contribution in [2.75, 3.05) is 11.1 Å². The number of hydrogen-bond acceptors (Lipinski definition) is 8. The summed E-state index contributed by atoms with van der Waals surface area (Å²) in [7, 11) is 0. The molecule has 0 saturated carbocycles. The molecule has 0 aliphatic carbocycles. The number of nitrogens with two attached hydrogens (primary N) is 1. The summed E-state index contributed by atoms with van der Waals surface area (Å²) < 4.78 is 1.41. The summed E-state index contributed by atoms with van der Waals surface area (Å²) in [6, 6.07) is 7.00. The number of nitrogen functional groups attached to an aromatic ring is 1. The van der Waals surface area contributed by atoms with Gasteiger partial charge in [-0.05, 0) is 24.3 Å². The molecule has 4 rings (SSSR count). The number of aromatic nitrogens is 6. The van der Waals surface area contributed by atoms with Gasteiger partial charge in [0.15, 0.2) is 11.2 Å². The number of nitrogens with zero attached hydrogens (tertiary/aromatic N) is 5. The molecule has 0 spiro atoms. The minimum atomic E-state index is -0.436. The van der Waals surface area contributed by atoms with E-state index in [4.69, 9.17) is 5.73 Å². The van der Waals surface area contributed by atoms with Crippen molar-refractivity contribution in [3.63, 3.8) is 0 Å². The Bertz CT molecular complexity index is 1170. The monoisotopic (exact) mass is 362 g/mol. The maximum absolute atomic E-state index is 12.2. The fourth-order valence-electron chi connectivity index (χ4n) is 2.51. The Morgan fingerprint density at radius 3 is 2.78 bits per heavy atom. The van der Waals surface area contributed by atoms with E-state index in [1.807, 2.05) is 0 Å². The molecule has 3 aromatic heterocycles. The van der Waals surface area contributed by atoms with Gasteiger partial charge in [-0.1, -0.05) is 0 Å². The number of rotatable bonds is 4. The van der Waals surface area contributed by atoms with Crippen LogP contribution in [0, 0.1) is 0 Å². The Morgan fingerprint density at radius 1 is 1.22 bits per heavy atom. The van der Waals surface area contributed by atoms with Crippen LogP contribution in [0.5, 0.6) is 0 Å². The van der Waals surface area contributed by atoms with Gasteiger partial charge < -0.3 is 11.1 Å². The molecule has 0 aliphatic rings. The number of aromatic amines is 1. The Balaban J connectivity index is 1.48. The summed E-state index contributed by atoms with van der Waals surface area (Å²) in [4.78, 5) is 42.7. The first-order valence-corrected chi connectivity index (χ1v) is 7.98. The minimum Gasteiger partial charge on any atom is -0.379 e. The van der Waals surface area contributed by atoms with E-state index in [2.05, 4.69) is 30.2 Å². The quantitative estimate of drug-likeness (QED) is 0.483. The lowest BCUT2D eigenvalue weighted by molar-refractivity contribution is 0.0960. The van der Waals surface area contributed by atoms with Crippen LogP contribution in [0.2, 0.25) is 0 Å². The summed E-state index contributed by atoms with van der Waals surface area (Å²) in [6.07, 6.45) is 6.12. The Kier molecular flexibility index (Phi) is 4.05. The molecular formula is C17H14N8O2. The van der Waals surface area contributed by atoms with Crippen molar-refractivity contribution in [2.24, 2.45) is 0 Å².